The Labute approximate surface area is 258 Å². The summed E-state index contributed by atoms with van der Waals surface area (Å²) in [5, 5.41) is 61.6. The first-order valence-corrected chi connectivity index (χ1v) is 15.9. The number of hydrogen-bond donors (Lipinski definition) is 7. The van der Waals surface area contributed by atoms with E-state index in [0.29, 0.717) is 5.57 Å². The van der Waals surface area contributed by atoms with Crippen LogP contribution in [0.25, 0.3) is 0 Å². The molecule has 0 bridgehead atoms. The van der Waals surface area contributed by atoms with Gasteiger partial charge in [-0.05, 0) is 36.5 Å². The average molecular weight is 659 g/mol. The Morgan fingerprint density at radius 2 is 1.36 bits per heavy atom. The Balaban J connectivity index is 2.14. The molecule has 0 saturated carbocycles. The third-order valence-corrected chi connectivity index (χ3v) is 7.75. The van der Waals surface area contributed by atoms with Gasteiger partial charge < -0.3 is 49.6 Å². The van der Waals surface area contributed by atoms with Gasteiger partial charge in [0.1, 0.15) is 42.7 Å². The highest BCUT2D eigenvalue weighted by atomic mass is 32.3. The molecular formula is C28H50O15S. The SMILES string of the molecule is C/C(=C\C(C)CC(C)(C)CC(C)(C)C)CC(=O)OC1C(O)C(CO)OC(OC2OC(CO)C(O)C(OS(=O)(=O)O)C2O)C1O. The summed E-state index contributed by atoms with van der Waals surface area (Å²) < 4.78 is 57.3. The first-order valence-electron chi connectivity index (χ1n) is 14.5. The van der Waals surface area contributed by atoms with Gasteiger partial charge in [-0.1, -0.05) is 53.2 Å². The number of carbonyl (C=O) groups is 1. The van der Waals surface area contributed by atoms with E-state index in [0.717, 1.165) is 12.8 Å². The Kier molecular flexibility index (Phi) is 13.7. The van der Waals surface area contributed by atoms with Crippen LogP contribution in [0, 0.1) is 16.7 Å². The molecule has 7 N–H and O–H groups in total. The molecule has 11 atom stereocenters. The van der Waals surface area contributed by atoms with E-state index in [4.69, 9.17) is 23.5 Å². The number of esters is 1. The normalized spacial score (nSPS) is 34.9. The van der Waals surface area contributed by atoms with Gasteiger partial charge in [0.25, 0.3) is 0 Å². The van der Waals surface area contributed by atoms with Crippen LogP contribution in [-0.2, 0) is 38.3 Å². The minimum atomic E-state index is -5.19. The van der Waals surface area contributed by atoms with Crippen LogP contribution >= 0.6 is 0 Å². The largest absolute Gasteiger partial charge is 0.456 e. The van der Waals surface area contributed by atoms with E-state index in [1.165, 1.54) is 0 Å². The minimum Gasteiger partial charge on any atom is -0.456 e. The van der Waals surface area contributed by atoms with Crippen molar-refractivity contribution in [2.75, 3.05) is 13.2 Å². The van der Waals surface area contributed by atoms with Crippen molar-refractivity contribution in [2.24, 2.45) is 16.7 Å². The number of aliphatic hydroxyl groups is 6. The summed E-state index contributed by atoms with van der Waals surface area (Å²) in [6.07, 6.45) is -14.5. The van der Waals surface area contributed by atoms with Gasteiger partial charge in [-0.25, -0.2) is 4.18 Å². The van der Waals surface area contributed by atoms with Gasteiger partial charge in [0.2, 0.25) is 0 Å². The van der Waals surface area contributed by atoms with Crippen molar-refractivity contribution in [3.05, 3.63) is 11.6 Å². The molecular weight excluding hydrogens is 608 g/mol. The van der Waals surface area contributed by atoms with Crippen LogP contribution in [0.1, 0.15) is 67.7 Å². The topological polar surface area (TPSA) is 239 Å². The number of allylic oxidation sites excluding steroid dienone is 1. The number of carbonyl (C=O) groups excluding carboxylic acids is 1. The minimum absolute atomic E-state index is 0.0585. The molecule has 2 fully saturated rings. The fraction of sp³-hybridized carbons (Fsp3) is 0.893. The molecule has 0 aromatic rings. The molecule has 2 aliphatic rings. The lowest BCUT2D eigenvalue weighted by Gasteiger charge is -2.45. The van der Waals surface area contributed by atoms with Crippen LogP contribution in [0.5, 0.6) is 0 Å². The smallest absolute Gasteiger partial charge is 0.397 e. The second-order valence-corrected chi connectivity index (χ2v) is 14.8. The van der Waals surface area contributed by atoms with Crippen LogP contribution < -0.4 is 0 Å². The monoisotopic (exact) mass is 658 g/mol. The molecule has 0 amide bonds. The van der Waals surface area contributed by atoms with Crippen molar-refractivity contribution in [1.29, 1.82) is 0 Å². The third kappa shape index (κ3) is 11.5. The fourth-order valence-corrected chi connectivity index (χ4v) is 6.77. The number of hydrogen-bond acceptors (Lipinski definition) is 14. The summed E-state index contributed by atoms with van der Waals surface area (Å²) in [7, 11) is -5.19. The summed E-state index contributed by atoms with van der Waals surface area (Å²) in [6.45, 7) is 13.0. The standard InChI is InChI=1S/C28H50O15S/c1-14(8-15(2)10-28(6,7)13-27(3,4)5)9-18(31)41-23-19(32)16(11-29)39-25(21(23)34)42-26-22(35)24(43-44(36,37)38)20(33)17(12-30)40-26/h8,15-17,19-26,29-30,32-35H,9-13H2,1-7H3,(H,36,37,38)/b14-8+. The first-order chi connectivity index (χ1) is 20.1. The van der Waals surface area contributed by atoms with E-state index in [2.05, 4.69) is 38.8 Å². The summed E-state index contributed by atoms with van der Waals surface area (Å²) in [5.74, 6) is -0.646. The highest BCUT2D eigenvalue weighted by molar-refractivity contribution is 7.80. The molecule has 2 saturated heterocycles. The van der Waals surface area contributed by atoms with Gasteiger partial charge in [-0.15, -0.1) is 0 Å². The number of aliphatic hydroxyl groups excluding tert-OH is 6. The highest BCUT2D eigenvalue weighted by Gasteiger charge is 2.52. The summed E-state index contributed by atoms with van der Waals surface area (Å²) in [4.78, 5) is 12.9. The van der Waals surface area contributed by atoms with Gasteiger partial charge in [-0.2, -0.15) is 8.42 Å². The fourth-order valence-electron chi connectivity index (χ4n) is 6.26. The van der Waals surface area contributed by atoms with E-state index in [1.807, 2.05) is 13.0 Å². The Morgan fingerprint density at radius 3 is 1.82 bits per heavy atom. The molecule has 2 rings (SSSR count). The predicted molar refractivity (Wildman–Crippen MR) is 153 cm³/mol. The molecule has 0 radical (unpaired) electrons. The average Bonchev–Trinajstić information content (AvgIpc) is 2.84. The van der Waals surface area contributed by atoms with Crippen LogP contribution in [0.2, 0.25) is 0 Å². The maximum absolute atomic E-state index is 12.9. The lowest BCUT2D eigenvalue weighted by atomic mass is 9.72. The molecule has 11 unspecified atom stereocenters. The van der Waals surface area contributed by atoms with Crippen molar-refractivity contribution in [3.63, 3.8) is 0 Å². The Bertz CT molecular complexity index is 1070. The van der Waals surface area contributed by atoms with Gasteiger partial charge >= 0.3 is 16.4 Å². The molecule has 0 spiro atoms. The van der Waals surface area contributed by atoms with Crippen LogP contribution in [-0.4, -0.2) is 124 Å². The van der Waals surface area contributed by atoms with Crippen molar-refractivity contribution in [3.8, 4) is 0 Å². The van der Waals surface area contributed by atoms with Gasteiger partial charge in [0.05, 0.1) is 19.6 Å². The van der Waals surface area contributed by atoms with Crippen molar-refractivity contribution < 1.29 is 71.5 Å². The van der Waals surface area contributed by atoms with E-state index in [9.17, 15) is 43.9 Å². The molecule has 2 heterocycles. The van der Waals surface area contributed by atoms with E-state index >= 15 is 0 Å². The van der Waals surface area contributed by atoms with Gasteiger partial charge in [-0.3, -0.25) is 9.35 Å². The third-order valence-electron chi connectivity index (χ3n) is 7.29. The second-order valence-electron chi connectivity index (χ2n) is 13.8. The van der Waals surface area contributed by atoms with Crippen molar-refractivity contribution >= 4 is 16.4 Å². The molecule has 44 heavy (non-hydrogen) atoms. The molecule has 258 valence electrons. The van der Waals surface area contributed by atoms with Crippen LogP contribution in [0.4, 0.5) is 0 Å². The maximum Gasteiger partial charge on any atom is 0.397 e. The Hall–Kier alpha value is -1.28. The predicted octanol–water partition coefficient (Wildman–Crippen LogP) is -0.194. The Morgan fingerprint density at radius 1 is 0.886 bits per heavy atom. The summed E-state index contributed by atoms with van der Waals surface area (Å²) >= 11 is 0. The van der Waals surface area contributed by atoms with E-state index in [-0.39, 0.29) is 23.2 Å². The maximum atomic E-state index is 12.9. The zero-order valence-corrected chi connectivity index (χ0v) is 27.1. The van der Waals surface area contributed by atoms with E-state index in [1.54, 1.807) is 6.92 Å². The second kappa shape index (κ2) is 15.5. The molecule has 0 aromatic carbocycles. The van der Waals surface area contributed by atoms with E-state index < -0.39 is 91.0 Å². The summed E-state index contributed by atoms with van der Waals surface area (Å²) in [5.41, 5.74) is 0.918. The molecule has 16 heteroatoms. The molecule has 2 aliphatic heterocycles. The van der Waals surface area contributed by atoms with Crippen LogP contribution in [0.15, 0.2) is 11.6 Å². The highest BCUT2D eigenvalue weighted by Crippen LogP contribution is 2.38. The van der Waals surface area contributed by atoms with Crippen LogP contribution in [0.3, 0.4) is 0 Å². The van der Waals surface area contributed by atoms with Crippen molar-refractivity contribution in [2.45, 2.75) is 129 Å². The zero-order valence-electron chi connectivity index (χ0n) is 26.3. The van der Waals surface area contributed by atoms with Crippen molar-refractivity contribution in [1.82, 2.24) is 0 Å². The lowest BCUT2D eigenvalue weighted by Crippen LogP contribution is -2.64. The molecule has 0 aliphatic carbocycles. The molecule has 15 nitrogen and oxygen atoms in total. The molecule has 0 aromatic heterocycles. The number of rotatable bonds is 13. The zero-order chi connectivity index (χ0) is 33.8. The summed E-state index contributed by atoms with van der Waals surface area (Å²) in [6, 6.07) is 0. The number of ether oxygens (including phenoxy) is 4. The lowest BCUT2D eigenvalue weighted by molar-refractivity contribution is -0.375. The van der Waals surface area contributed by atoms with Gasteiger partial charge in [0.15, 0.2) is 18.7 Å². The first kappa shape index (κ1) is 38.9. The quantitative estimate of drug-likeness (QED) is 0.0771. The van der Waals surface area contributed by atoms with Gasteiger partial charge in [0, 0.05) is 0 Å².